The first-order valence-electron chi connectivity index (χ1n) is 7.76. The highest BCUT2D eigenvalue weighted by molar-refractivity contribution is 5.80. The molecular formula is C15H22N4O2. The van der Waals surface area contributed by atoms with Crippen LogP contribution in [0.25, 0.3) is 0 Å². The van der Waals surface area contributed by atoms with E-state index in [4.69, 9.17) is 0 Å². The molecular weight excluding hydrogens is 268 g/mol. The van der Waals surface area contributed by atoms with E-state index in [-0.39, 0.29) is 17.7 Å². The van der Waals surface area contributed by atoms with Crippen LogP contribution in [0.5, 0.6) is 0 Å². The Balaban J connectivity index is 1.31. The van der Waals surface area contributed by atoms with Crippen LogP contribution in [-0.4, -0.2) is 45.6 Å². The zero-order valence-electron chi connectivity index (χ0n) is 12.2. The summed E-state index contributed by atoms with van der Waals surface area (Å²) >= 11 is 0. The number of nitrogens with one attached hydrogen (secondary N) is 1. The number of nitrogens with zero attached hydrogens (tertiary/aromatic N) is 3. The fraction of sp³-hybridized carbons (Fsp3) is 0.667. The van der Waals surface area contributed by atoms with E-state index in [9.17, 15) is 9.59 Å². The molecule has 1 atom stereocenters. The van der Waals surface area contributed by atoms with Gasteiger partial charge in [0.15, 0.2) is 0 Å². The summed E-state index contributed by atoms with van der Waals surface area (Å²) in [5, 5.41) is 7.06. The number of carbonyl (C=O) groups is 2. The molecule has 21 heavy (non-hydrogen) atoms. The van der Waals surface area contributed by atoms with Crippen LogP contribution < -0.4 is 5.32 Å². The van der Waals surface area contributed by atoms with Crippen LogP contribution in [0, 0.1) is 5.92 Å². The molecule has 2 amide bonds. The monoisotopic (exact) mass is 290 g/mol. The van der Waals surface area contributed by atoms with Crippen molar-refractivity contribution >= 4 is 11.8 Å². The van der Waals surface area contributed by atoms with E-state index in [1.54, 1.807) is 6.20 Å². The maximum absolute atomic E-state index is 11.8. The minimum atomic E-state index is 0.0690. The fourth-order valence-electron chi connectivity index (χ4n) is 2.87. The molecule has 0 bridgehead atoms. The minimum Gasteiger partial charge on any atom is -0.356 e. The molecule has 3 rings (SSSR count). The fourth-order valence-corrected chi connectivity index (χ4v) is 2.87. The highest BCUT2D eigenvalue weighted by Crippen LogP contribution is 2.32. The smallest absolute Gasteiger partial charge is 0.223 e. The normalized spacial score (nSPS) is 21.8. The molecule has 0 aromatic carbocycles. The zero-order chi connectivity index (χ0) is 14.7. The lowest BCUT2D eigenvalue weighted by Gasteiger charge is -2.15. The summed E-state index contributed by atoms with van der Waals surface area (Å²) in [6.07, 6.45) is 7.82. The maximum atomic E-state index is 11.8. The number of aromatic nitrogens is 2. The first-order chi connectivity index (χ1) is 10.2. The standard InChI is InChI=1S/C15H22N4O2/c20-14(3-1-7-18-8-2-6-17-18)16-10-12-9-15(21)19(11-12)13-4-5-13/h2,6,8,12-13H,1,3-5,7,9-11H2,(H,16,20)/t12-/m0/s1. The highest BCUT2D eigenvalue weighted by Gasteiger charge is 2.39. The Morgan fingerprint density at radius 2 is 2.29 bits per heavy atom. The van der Waals surface area contributed by atoms with Crippen molar-refractivity contribution in [1.82, 2.24) is 20.0 Å². The second kappa shape index (κ2) is 6.28. The lowest BCUT2D eigenvalue weighted by atomic mass is 10.1. The first kappa shape index (κ1) is 14.1. The van der Waals surface area contributed by atoms with Crippen LogP contribution in [0.1, 0.15) is 32.1 Å². The molecule has 0 spiro atoms. The molecule has 2 fully saturated rings. The summed E-state index contributed by atoms with van der Waals surface area (Å²) in [7, 11) is 0. The Bertz CT molecular complexity index is 496. The molecule has 1 N–H and O–H groups in total. The van der Waals surface area contributed by atoms with Gasteiger partial charge in [0, 0.05) is 56.8 Å². The van der Waals surface area contributed by atoms with Crippen LogP contribution in [0.3, 0.4) is 0 Å². The van der Waals surface area contributed by atoms with Gasteiger partial charge in [-0.15, -0.1) is 0 Å². The van der Waals surface area contributed by atoms with Crippen molar-refractivity contribution in [2.45, 2.75) is 44.7 Å². The zero-order valence-corrected chi connectivity index (χ0v) is 12.2. The second-order valence-corrected chi connectivity index (χ2v) is 6.02. The van der Waals surface area contributed by atoms with Gasteiger partial charge in [0.1, 0.15) is 0 Å². The van der Waals surface area contributed by atoms with Gasteiger partial charge >= 0.3 is 0 Å². The van der Waals surface area contributed by atoms with Crippen molar-refractivity contribution in [3.8, 4) is 0 Å². The van der Waals surface area contributed by atoms with E-state index in [0.717, 1.165) is 32.4 Å². The first-order valence-corrected chi connectivity index (χ1v) is 7.76. The lowest BCUT2D eigenvalue weighted by Crippen LogP contribution is -2.32. The predicted octanol–water partition coefficient (Wildman–Crippen LogP) is 0.790. The Morgan fingerprint density at radius 1 is 1.43 bits per heavy atom. The number of hydrogen-bond acceptors (Lipinski definition) is 3. The summed E-state index contributed by atoms with van der Waals surface area (Å²) in [5.41, 5.74) is 0. The molecule has 2 heterocycles. The number of carbonyl (C=O) groups excluding carboxylic acids is 2. The van der Waals surface area contributed by atoms with Crippen LogP contribution in [0.2, 0.25) is 0 Å². The molecule has 1 aromatic heterocycles. The summed E-state index contributed by atoms with van der Waals surface area (Å²) in [4.78, 5) is 25.6. The van der Waals surface area contributed by atoms with Crippen molar-refractivity contribution in [3.63, 3.8) is 0 Å². The maximum Gasteiger partial charge on any atom is 0.223 e. The van der Waals surface area contributed by atoms with Crippen molar-refractivity contribution < 1.29 is 9.59 Å². The largest absolute Gasteiger partial charge is 0.356 e. The predicted molar refractivity (Wildman–Crippen MR) is 77.3 cm³/mol. The Hall–Kier alpha value is -1.85. The van der Waals surface area contributed by atoms with Crippen molar-refractivity contribution in [3.05, 3.63) is 18.5 Å². The van der Waals surface area contributed by atoms with E-state index in [1.165, 1.54) is 0 Å². The molecule has 0 radical (unpaired) electrons. The number of hydrogen-bond donors (Lipinski definition) is 1. The van der Waals surface area contributed by atoms with Gasteiger partial charge in [-0.3, -0.25) is 14.3 Å². The quantitative estimate of drug-likeness (QED) is 0.807. The molecule has 6 heteroatoms. The van der Waals surface area contributed by atoms with E-state index < -0.39 is 0 Å². The van der Waals surface area contributed by atoms with Gasteiger partial charge in [-0.05, 0) is 25.3 Å². The van der Waals surface area contributed by atoms with Crippen molar-refractivity contribution in [2.24, 2.45) is 5.92 Å². The SMILES string of the molecule is O=C(CCCn1cccn1)NC[C@@H]1CC(=O)N(C2CC2)C1. The third-order valence-corrected chi connectivity index (χ3v) is 4.16. The molecule has 114 valence electrons. The third kappa shape index (κ3) is 3.83. The molecule has 1 aliphatic heterocycles. The molecule has 1 saturated heterocycles. The number of likely N-dealkylation sites (tertiary alicyclic amines) is 1. The second-order valence-electron chi connectivity index (χ2n) is 6.02. The Morgan fingerprint density at radius 3 is 3.00 bits per heavy atom. The van der Waals surface area contributed by atoms with Crippen LogP contribution in [-0.2, 0) is 16.1 Å². The van der Waals surface area contributed by atoms with Crippen LogP contribution in [0.4, 0.5) is 0 Å². The van der Waals surface area contributed by atoms with Gasteiger partial charge in [-0.25, -0.2) is 0 Å². The molecule has 1 saturated carbocycles. The third-order valence-electron chi connectivity index (χ3n) is 4.16. The Labute approximate surface area is 124 Å². The van der Waals surface area contributed by atoms with Crippen molar-refractivity contribution in [2.75, 3.05) is 13.1 Å². The summed E-state index contributed by atoms with van der Waals surface area (Å²) < 4.78 is 1.83. The topological polar surface area (TPSA) is 67.2 Å². The van der Waals surface area contributed by atoms with Gasteiger partial charge < -0.3 is 10.2 Å². The van der Waals surface area contributed by atoms with E-state index >= 15 is 0 Å². The molecule has 0 unspecified atom stereocenters. The van der Waals surface area contributed by atoms with Gasteiger partial charge in [0.2, 0.25) is 11.8 Å². The average Bonchev–Trinajstić information content (AvgIpc) is 3.04. The minimum absolute atomic E-state index is 0.0690. The summed E-state index contributed by atoms with van der Waals surface area (Å²) in [6.45, 7) is 2.20. The van der Waals surface area contributed by atoms with E-state index in [0.29, 0.717) is 25.4 Å². The van der Waals surface area contributed by atoms with Crippen LogP contribution in [0.15, 0.2) is 18.5 Å². The highest BCUT2D eigenvalue weighted by atomic mass is 16.2. The molecule has 1 aliphatic carbocycles. The molecule has 2 aliphatic rings. The van der Waals surface area contributed by atoms with Crippen LogP contribution >= 0.6 is 0 Å². The van der Waals surface area contributed by atoms with Gasteiger partial charge in [0.05, 0.1) is 0 Å². The van der Waals surface area contributed by atoms with Gasteiger partial charge in [0.25, 0.3) is 0 Å². The van der Waals surface area contributed by atoms with E-state index in [2.05, 4.69) is 10.4 Å². The summed E-state index contributed by atoms with van der Waals surface area (Å²) in [5.74, 6) is 0.614. The van der Waals surface area contributed by atoms with Gasteiger partial charge in [-0.1, -0.05) is 0 Å². The molecule has 1 aromatic rings. The van der Waals surface area contributed by atoms with E-state index in [1.807, 2.05) is 21.8 Å². The van der Waals surface area contributed by atoms with Crippen molar-refractivity contribution in [1.29, 1.82) is 0 Å². The van der Waals surface area contributed by atoms with Gasteiger partial charge in [-0.2, -0.15) is 5.10 Å². The summed E-state index contributed by atoms with van der Waals surface area (Å²) in [6, 6.07) is 2.37. The lowest BCUT2D eigenvalue weighted by molar-refractivity contribution is -0.128. The number of rotatable bonds is 7. The Kier molecular flexibility index (Phi) is 4.22. The number of amides is 2. The molecule has 6 nitrogen and oxygen atoms in total. The average molecular weight is 290 g/mol. The number of aryl methyl sites for hydroxylation is 1.